The Morgan fingerprint density at radius 3 is 3.00 bits per heavy atom. The third-order valence-electron chi connectivity index (χ3n) is 3.05. The molecule has 0 amide bonds. The highest BCUT2D eigenvalue weighted by atomic mass is 14.3. The zero-order chi connectivity index (χ0) is 9.26. The van der Waals surface area contributed by atoms with Crippen molar-refractivity contribution in [1.29, 1.82) is 0 Å². The van der Waals surface area contributed by atoms with Crippen molar-refractivity contribution < 1.29 is 0 Å². The van der Waals surface area contributed by atoms with Crippen LogP contribution in [0.25, 0.3) is 0 Å². The predicted molar refractivity (Wildman–Crippen MR) is 55.5 cm³/mol. The first-order chi connectivity index (χ1) is 6.33. The molecular weight excluding hydrogens is 156 g/mol. The van der Waals surface area contributed by atoms with Crippen molar-refractivity contribution in [1.82, 2.24) is 0 Å². The molecule has 1 aliphatic rings. The van der Waals surface area contributed by atoms with Gasteiger partial charge < -0.3 is 0 Å². The maximum absolute atomic E-state index is 5.46. The Kier molecular flexibility index (Phi) is 2.10. The third-order valence-corrected chi connectivity index (χ3v) is 3.05. The second-order valence-electron chi connectivity index (χ2n) is 3.80. The largest absolute Gasteiger partial charge is 0.120 e. The summed E-state index contributed by atoms with van der Waals surface area (Å²) in [6, 6.07) is 8.67. The van der Waals surface area contributed by atoms with Crippen molar-refractivity contribution >= 4 is 0 Å². The van der Waals surface area contributed by atoms with Crippen LogP contribution in [-0.4, -0.2) is 0 Å². The van der Waals surface area contributed by atoms with Gasteiger partial charge >= 0.3 is 0 Å². The van der Waals surface area contributed by atoms with Crippen LogP contribution in [0.2, 0.25) is 0 Å². The van der Waals surface area contributed by atoms with Crippen molar-refractivity contribution in [2.75, 3.05) is 0 Å². The minimum absolute atomic E-state index is 0.378. The standard InChI is InChI=1S/C13H14/c1-3-10(2)12-9-8-11-6-4-5-7-13(11)12/h1,4-7,10,12H,8-9H2,2H3. The molecule has 0 saturated carbocycles. The minimum Gasteiger partial charge on any atom is -0.120 e. The smallest absolute Gasteiger partial charge is 0.0240 e. The van der Waals surface area contributed by atoms with E-state index in [9.17, 15) is 0 Å². The van der Waals surface area contributed by atoms with E-state index >= 15 is 0 Å². The van der Waals surface area contributed by atoms with E-state index in [2.05, 4.69) is 37.1 Å². The van der Waals surface area contributed by atoms with Gasteiger partial charge in [-0.3, -0.25) is 0 Å². The summed E-state index contributed by atoms with van der Waals surface area (Å²) in [7, 11) is 0. The van der Waals surface area contributed by atoms with Crippen molar-refractivity contribution in [2.24, 2.45) is 5.92 Å². The second-order valence-corrected chi connectivity index (χ2v) is 3.80. The molecule has 2 unspecified atom stereocenters. The number of aryl methyl sites for hydroxylation is 1. The monoisotopic (exact) mass is 170 g/mol. The zero-order valence-corrected chi connectivity index (χ0v) is 7.96. The van der Waals surface area contributed by atoms with E-state index in [-0.39, 0.29) is 0 Å². The van der Waals surface area contributed by atoms with E-state index in [1.54, 1.807) is 0 Å². The molecule has 13 heavy (non-hydrogen) atoms. The molecule has 0 heteroatoms. The average Bonchev–Trinajstić information content (AvgIpc) is 2.60. The zero-order valence-electron chi connectivity index (χ0n) is 7.96. The van der Waals surface area contributed by atoms with E-state index in [1.807, 2.05) is 0 Å². The molecule has 0 aromatic heterocycles. The quantitative estimate of drug-likeness (QED) is 0.568. The highest BCUT2D eigenvalue weighted by molar-refractivity contribution is 5.36. The highest BCUT2D eigenvalue weighted by Crippen LogP contribution is 2.37. The van der Waals surface area contributed by atoms with Gasteiger partial charge in [0.15, 0.2) is 0 Å². The summed E-state index contributed by atoms with van der Waals surface area (Å²) in [6.45, 7) is 2.15. The van der Waals surface area contributed by atoms with Crippen molar-refractivity contribution in [3.05, 3.63) is 35.4 Å². The van der Waals surface area contributed by atoms with Gasteiger partial charge in [0.05, 0.1) is 0 Å². The van der Waals surface area contributed by atoms with Crippen LogP contribution in [0.5, 0.6) is 0 Å². The Bertz CT molecular complexity index is 343. The first kappa shape index (κ1) is 8.38. The summed E-state index contributed by atoms with van der Waals surface area (Å²) in [5.41, 5.74) is 2.97. The molecule has 2 atom stereocenters. The van der Waals surface area contributed by atoms with E-state index in [4.69, 9.17) is 6.42 Å². The van der Waals surface area contributed by atoms with Crippen LogP contribution in [0.1, 0.15) is 30.4 Å². The Morgan fingerprint density at radius 1 is 1.46 bits per heavy atom. The Labute approximate surface area is 80.0 Å². The van der Waals surface area contributed by atoms with Crippen molar-refractivity contribution in [3.8, 4) is 12.3 Å². The highest BCUT2D eigenvalue weighted by Gasteiger charge is 2.25. The van der Waals surface area contributed by atoms with Crippen LogP contribution in [0.3, 0.4) is 0 Å². The topological polar surface area (TPSA) is 0 Å². The Hall–Kier alpha value is -1.22. The lowest BCUT2D eigenvalue weighted by Crippen LogP contribution is -2.03. The van der Waals surface area contributed by atoms with Gasteiger partial charge in [-0.25, -0.2) is 0 Å². The van der Waals surface area contributed by atoms with Crippen LogP contribution in [0.4, 0.5) is 0 Å². The molecule has 66 valence electrons. The molecule has 0 heterocycles. The van der Waals surface area contributed by atoms with Gasteiger partial charge in [-0.2, -0.15) is 0 Å². The fraction of sp³-hybridized carbons (Fsp3) is 0.385. The lowest BCUT2D eigenvalue weighted by molar-refractivity contribution is 0.558. The average molecular weight is 170 g/mol. The molecule has 0 fully saturated rings. The van der Waals surface area contributed by atoms with Crippen LogP contribution < -0.4 is 0 Å². The third kappa shape index (κ3) is 1.35. The lowest BCUT2D eigenvalue weighted by Gasteiger charge is -2.14. The summed E-state index contributed by atoms with van der Waals surface area (Å²) in [6.07, 6.45) is 7.89. The van der Waals surface area contributed by atoms with Gasteiger partial charge in [-0.05, 0) is 29.9 Å². The van der Waals surface area contributed by atoms with E-state index in [1.165, 1.54) is 24.0 Å². The van der Waals surface area contributed by atoms with Crippen molar-refractivity contribution in [2.45, 2.75) is 25.7 Å². The molecule has 0 aliphatic heterocycles. The van der Waals surface area contributed by atoms with Crippen molar-refractivity contribution in [3.63, 3.8) is 0 Å². The van der Waals surface area contributed by atoms with Gasteiger partial charge in [-0.1, -0.05) is 31.2 Å². The van der Waals surface area contributed by atoms with E-state index in [0.29, 0.717) is 11.8 Å². The number of hydrogen-bond donors (Lipinski definition) is 0. The first-order valence-corrected chi connectivity index (χ1v) is 4.87. The van der Waals surface area contributed by atoms with Crippen LogP contribution in [0.15, 0.2) is 24.3 Å². The van der Waals surface area contributed by atoms with Crippen LogP contribution in [-0.2, 0) is 6.42 Å². The predicted octanol–water partition coefficient (Wildman–Crippen LogP) is 2.99. The molecule has 0 spiro atoms. The molecule has 1 aliphatic carbocycles. The number of fused-ring (bicyclic) bond motifs is 1. The van der Waals surface area contributed by atoms with Gasteiger partial charge in [0.25, 0.3) is 0 Å². The number of benzene rings is 1. The second kappa shape index (κ2) is 3.26. The number of hydrogen-bond acceptors (Lipinski definition) is 0. The summed E-state index contributed by atoms with van der Waals surface area (Å²) in [4.78, 5) is 0. The van der Waals surface area contributed by atoms with Crippen LogP contribution >= 0.6 is 0 Å². The fourth-order valence-corrected chi connectivity index (χ4v) is 2.23. The fourth-order valence-electron chi connectivity index (χ4n) is 2.23. The molecule has 0 saturated heterocycles. The maximum atomic E-state index is 5.46. The molecule has 0 bridgehead atoms. The molecule has 1 aromatic carbocycles. The maximum Gasteiger partial charge on any atom is 0.0240 e. The molecule has 2 rings (SSSR count). The summed E-state index contributed by atoms with van der Waals surface area (Å²) in [5, 5.41) is 0. The summed E-state index contributed by atoms with van der Waals surface area (Å²) < 4.78 is 0. The van der Waals surface area contributed by atoms with Crippen LogP contribution in [0, 0.1) is 18.3 Å². The normalized spacial score (nSPS) is 22.0. The summed E-state index contributed by atoms with van der Waals surface area (Å²) in [5.74, 6) is 3.82. The lowest BCUT2D eigenvalue weighted by atomic mass is 9.89. The minimum atomic E-state index is 0.378. The molecular formula is C13H14. The SMILES string of the molecule is C#CC(C)C1CCc2ccccc21. The molecule has 0 radical (unpaired) electrons. The van der Waals surface area contributed by atoms with E-state index < -0.39 is 0 Å². The van der Waals surface area contributed by atoms with Gasteiger partial charge in [-0.15, -0.1) is 12.3 Å². The first-order valence-electron chi connectivity index (χ1n) is 4.87. The number of rotatable bonds is 1. The van der Waals surface area contributed by atoms with Gasteiger partial charge in [0.1, 0.15) is 0 Å². The summed E-state index contributed by atoms with van der Waals surface area (Å²) >= 11 is 0. The van der Waals surface area contributed by atoms with E-state index in [0.717, 1.165) is 0 Å². The Balaban J connectivity index is 2.34. The molecule has 0 N–H and O–H groups in total. The van der Waals surface area contributed by atoms with Gasteiger partial charge in [0, 0.05) is 5.92 Å². The number of terminal acetylenes is 1. The Morgan fingerprint density at radius 2 is 2.23 bits per heavy atom. The molecule has 1 aromatic rings. The molecule has 0 nitrogen and oxygen atoms in total. The van der Waals surface area contributed by atoms with Gasteiger partial charge in [0.2, 0.25) is 0 Å².